The van der Waals surface area contributed by atoms with Gasteiger partial charge in [-0.3, -0.25) is 9.36 Å². The number of urea groups is 1. The Bertz CT molecular complexity index is 1450. The van der Waals surface area contributed by atoms with Crippen LogP contribution in [0.1, 0.15) is 45.2 Å². The third-order valence-electron chi connectivity index (χ3n) is 7.84. The van der Waals surface area contributed by atoms with Crippen molar-refractivity contribution in [3.05, 3.63) is 89.0 Å². The number of carbonyl (C=O) groups is 2. The highest BCUT2D eigenvalue weighted by atomic mass is 16.6. The van der Waals surface area contributed by atoms with E-state index < -0.39 is 11.2 Å². The van der Waals surface area contributed by atoms with Gasteiger partial charge in [-0.15, -0.1) is 0 Å². The van der Waals surface area contributed by atoms with Gasteiger partial charge in [0.15, 0.2) is 0 Å². The Balaban J connectivity index is 1.24. The number of carbonyl (C=O) groups excluding carboxylic acids is 2. The van der Waals surface area contributed by atoms with E-state index in [0.29, 0.717) is 51.3 Å². The van der Waals surface area contributed by atoms with Gasteiger partial charge in [0.2, 0.25) is 0 Å². The maximum absolute atomic E-state index is 13.8. The van der Waals surface area contributed by atoms with Crippen LogP contribution in [0.15, 0.2) is 77.9 Å². The number of nitrogens with zero attached hydrogens (tertiary/aromatic N) is 5. The summed E-state index contributed by atoms with van der Waals surface area (Å²) in [6, 6.07) is 20.2. The molecule has 42 heavy (non-hydrogen) atoms. The lowest BCUT2D eigenvalue weighted by Gasteiger charge is -2.45. The van der Waals surface area contributed by atoms with Crippen molar-refractivity contribution in [3.8, 4) is 11.3 Å². The lowest BCUT2D eigenvalue weighted by Crippen LogP contribution is -2.58. The van der Waals surface area contributed by atoms with Crippen molar-refractivity contribution in [1.82, 2.24) is 24.3 Å². The summed E-state index contributed by atoms with van der Waals surface area (Å²) in [5.74, 6) is 0. The van der Waals surface area contributed by atoms with E-state index in [0.717, 1.165) is 11.1 Å². The van der Waals surface area contributed by atoms with Crippen LogP contribution in [0.4, 0.5) is 9.59 Å². The van der Waals surface area contributed by atoms with Gasteiger partial charge in [-0.2, -0.15) is 0 Å². The average molecular weight is 574 g/mol. The molecule has 0 saturated carbocycles. The molecule has 0 unspecified atom stereocenters. The van der Waals surface area contributed by atoms with Crippen LogP contribution in [0.2, 0.25) is 0 Å². The fourth-order valence-corrected chi connectivity index (χ4v) is 5.55. The fraction of sp³-hybridized carbons (Fsp3) is 0.438. The highest BCUT2D eigenvalue weighted by molar-refractivity contribution is 5.76. The van der Waals surface area contributed by atoms with Crippen LogP contribution in [0.3, 0.4) is 0 Å². The van der Waals surface area contributed by atoms with Crippen molar-refractivity contribution in [1.29, 1.82) is 0 Å². The summed E-state index contributed by atoms with van der Waals surface area (Å²) < 4.78 is 7.03. The second kappa shape index (κ2) is 12.0. The van der Waals surface area contributed by atoms with Crippen molar-refractivity contribution in [3.63, 3.8) is 0 Å². The van der Waals surface area contributed by atoms with Crippen LogP contribution in [0.5, 0.6) is 0 Å². The monoisotopic (exact) mass is 573 g/mol. The van der Waals surface area contributed by atoms with E-state index in [1.807, 2.05) is 86.3 Å². The zero-order valence-electron chi connectivity index (χ0n) is 24.5. The first-order valence-electron chi connectivity index (χ1n) is 14.4. The summed E-state index contributed by atoms with van der Waals surface area (Å²) in [4.78, 5) is 49.1. The maximum Gasteiger partial charge on any atom is 0.410 e. The molecule has 0 bridgehead atoms. The van der Waals surface area contributed by atoms with Gasteiger partial charge in [0, 0.05) is 44.4 Å². The topological polar surface area (TPSA) is 108 Å². The highest BCUT2D eigenvalue weighted by Gasteiger charge is 2.40. The first kappa shape index (κ1) is 29.3. The normalized spacial score (nSPS) is 19.0. The van der Waals surface area contributed by atoms with Crippen LogP contribution < -0.4 is 5.56 Å². The Kier molecular flexibility index (Phi) is 8.36. The van der Waals surface area contributed by atoms with E-state index in [9.17, 15) is 19.5 Å². The number of ether oxygens (including phenoxy) is 1. The zero-order chi connectivity index (χ0) is 29.9. The van der Waals surface area contributed by atoms with Gasteiger partial charge in [-0.1, -0.05) is 60.7 Å². The minimum absolute atomic E-state index is 0.108. The minimum atomic E-state index is -1.13. The van der Waals surface area contributed by atoms with Crippen LogP contribution >= 0.6 is 0 Å². The van der Waals surface area contributed by atoms with E-state index in [1.165, 1.54) is 17.0 Å². The second-order valence-corrected chi connectivity index (χ2v) is 12.1. The molecule has 2 aromatic carbocycles. The number of likely N-dealkylation sites (tertiary alicyclic amines) is 1. The smallest absolute Gasteiger partial charge is 0.410 e. The SMILES string of the molecule is CC(C)(C)OC(=O)N1CCN(C(=O)N2CCC(O)(Cn3cnc(-c4ccccc4)cc3=O)CC2)[C@H](c2ccccc2)C1. The van der Waals surface area contributed by atoms with E-state index in [1.54, 1.807) is 9.80 Å². The maximum atomic E-state index is 13.8. The summed E-state index contributed by atoms with van der Waals surface area (Å²) in [5.41, 5.74) is 0.409. The molecular weight excluding hydrogens is 534 g/mol. The Labute approximate surface area is 246 Å². The van der Waals surface area contributed by atoms with Crippen LogP contribution in [-0.2, 0) is 11.3 Å². The zero-order valence-corrected chi connectivity index (χ0v) is 24.5. The average Bonchev–Trinajstić information content (AvgIpc) is 2.98. The predicted molar refractivity (Wildman–Crippen MR) is 159 cm³/mol. The number of rotatable bonds is 4. The first-order valence-corrected chi connectivity index (χ1v) is 14.4. The molecular formula is C32H39N5O5. The molecule has 3 aromatic rings. The van der Waals surface area contributed by atoms with Crippen molar-refractivity contribution in [2.45, 2.75) is 57.4 Å². The third-order valence-corrected chi connectivity index (χ3v) is 7.84. The van der Waals surface area contributed by atoms with Gasteiger partial charge in [0.1, 0.15) is 5.60 Å². The van der Waals surface area contributed by atoms with Gasteiger partial charge in [0.05, 0.1) is 30.2 Å². The molecule has 2 saturated heterocycles. The predicted octanol–water partition coefficient (Wildman–Crippen LogP) is 4.15. The third kappa shape index (κ3) is 6.82. The number of aliphatic hydroxyl groups is 1. The molecule has 3 amide bonds. The molecule has 1 atom stereocenters. The Morgan fingerprint density at radius 3 is 2.21 bits per heavy atom. The molecule has 2 aliphatic rings. The largest absolute Gasteiger partial charge is 0.444 e. The molecule has 0 aliphatic carbocycles. The molecule has 222 valence electrons. The minimum Gasteiger partial charge on any atom is -0.444 e. The van der Waals surface area contributed by atoms with Crippen molar-refractivity contribution >= 4 is 12.1 Å². The van der Waals surface area contributed by atoms with E-state index >= 15 is 0 Å². The molecule has 3 heterocycles. The number of aromatic nitrogens is 2. The van der Waals surface area contributed by atoms with E-state index in [2.05, 4.69) is 4.98 Å². The van der Waals surface area contributed by atoms with Gasteiger partial charge in [-0.25, -0.2) is 14.6 Å². The molecule has 1 aromatic heterocycles. The fourth-order valence-electron chi connectivity index (χ4n) is 5.55. The number of benzene rings is 2. The van der Waals surface area contributed by atoms with Crippen molar-refractivity contribution in [2.75, 3.05) is 32.7 Å². The van der Waals surface area contributed by atoms with Gasteiger partial charge in [0.25, 0.3) is 5.56 Å². The molecule has 10 nitrogen and oxygen atoms in total. The first-order chi connectivity index (χ1) is 20.0. The number of hydrogen-bond acceptors (Lipinski definition) is 6. The highest BCUT2D eigenvalue weighted by Crippen LogP contribution is 2.30. The summed E-state index contributed by atoms with van der Waals surface area (Å²) >= 11 is 0. The van der Waals surface area contributed by atoms with E-state index in [4.69, 9.17) is 4.74 Å². The Morgan fingerprint density at radius 1 is 0.952 bits per heavy atom. The number of piperazine rings is 1. The lowest BCUT2D eigenvalue weighted by molar-refractivity contribution is -0.0330. The van der Waals surface area contributed by atoms with Crippen molar-refractivity contribution in [2.24, 2.45) is 0 Å². The summed E-state index contributed by atoms with van der Waals surface area (Å²) in [6.45, 7) is 7.40. The summed E-state index contributed by atoms with van der Waals surface area (Å²) in [5, 5.41) is 11.4. The van der Waals surface area contributed by atoms with Crippen LogP contribution in [-0.4, -0.2) is 85.4 Å². The molecule has 0 spiro atoms. The molecule has 0 radical (unpaired) electrons. The van der Waals surface area contributed by atoms with E-state index in [-0.39, 0.29) is 30.3 Å². The standard InChI is InChI=1S/C32H39N5O5/c1-31(2,3)42-30(40)35-18-19-37(27(21-35)25-12-8-5-9-13-25)29(39)34-16-14-32(41,15-17-34)22-36-23-33-26(20-28(36)38)24-10-6-4-7-11-24/h4-13,20,23,27,41H,14-19,21-22H2,1-3H3/t27-/m0/s1. The summed E-state index contributed by atoms with van der Waals surface area (Å²) in [6.07, 6.45) is 1.76. The van der Waals surface area contributed by atoms with Crippen LogP contribution in [0, 0.1) is 0 Å². The molecule has 2 aliphatic heterocycles. The second-order valence-electron chi connectivity index (χ2n) is 12.1. The van der Waals surface area contributed by atoms with Gasteiger partial charge < -0.3 is 24.5 Å². The summed E-state index contributed by atoms with van der Waals surface area (Å²) in [7, 11) is 0. The van der Waals surface area contributed by atoms with Crippen molar-refractivity contribution < 1.29 is 19.4 Å². The molecule has 2 fully saturated rings. The number of piperidine rings is 1. The van der Waals surface area contributed by atoms with Crippen LogP contribution in [0.25, 0.3) is 11.3 Å². The number of amides is 3. The van der Waals surface area contributed by atoms with Gasteiger partial charge in [-0.05, 0) is 39.2 Å². The Morgan fingerprint density at radius 2 is 1.60 bits per heavy atom. The Hall–Kier alpha value is -4.18. The molecule has 5 rings (SSSR count). The van der Waals surface area contributed by atoms with Gasteiger partial charge >= 0.3 is 12.1 Å². The quantitative estimate of drug-likeness (QED) is 0.503. The lowest BCUT2D eigenvalue weighted by atomic mass is 9.91. The molecule has 1 N–H and O–H groups in total. The number of hydrogen-bond donors (Lipinski definition) is 1. The molecule has 10 heteroatoms.